The highest BCUT2D eigenvalue weighted by molar-refractivity contribution is 5.93. The van der Waals surface area contributed by atoms with E-state index in [1.54, 1.807) is 18.0 Å². The van der Waals surface area contributed by atoms with Crippen LogP contribution in [0, 0.1) is 5.92 Å². The number of hydrogen-bond donors (Lipinski definition) is 1. The van der Waals surface area contributed by atoms with E-state index in [0.29, 0.717) is 12.5 Å². The molecule has 5 heteroatoms. The van der Waals surface area contributed by atoms with Crippen LogP contribution in [0.5, 0.6) is 0 Å². The first-order valence-corrected chi connectivity index (χ1v) is 9.24. The zero-order valence-corrected chi connectivity index (χ0v) is 15.7. The van der Waals surface area contributed by atoms with Crippen LogP contribution in [0.4, 0.5) is 5.69 Å². The standard InChI is InChI=1S/C21H27N3O2/c1-15(2)19-10-9-18(20(25)22-19)21(26)23(3)13-16-11-12-24(14-16)17-7-5-4-6-8-17/h4-10,15-16H,11-14H2,1-3H3,(H,22,25)/t16-/m1/s1. The third-order valence-electron chi connectivity index (χ3n) is 5.07. The van der Waals surface area contributed by atoms with Crippen LogP contribution in [-0.2, 0) is 0 Å². The van der Waals surface area contributed by atoms with Crippen LogP contribution in [0.15, 0.2) is 47.3 Å². The van der Waals surface area contributed by atoms with Crippen molar-refractivity contribution in [3.63, 3.8) is 0 Å². The van der Waals surface area contributed by atoms with Crippen LogP contribution in [0.25, 0.3) is 0 Å². The quantitative estimate of drug-likeness (QED) is 0.899. The molecular weight excluding hydrogens is 326 g/mol. The van der Waals surface area contributed by atoms with Crippen molar-refractivity contribution in [2.75, 3.05) is 31.6 Å². The van der Waals surface area contributed by atoms with E-state index in [1.165, 1.54) is 5.69 Å². The largest absolute Gasteiger partial charge is 0.371 e. The summed E-state index contributed by atoms with van der Waals surface area (Å²) in [6.07, 6.45) is 1.05. The molecule has 26 heavy (non-hydrogen) atoms. The zero-order chi connectivity index (χ0) is 18.7. The zero-order valence-electron chi connectivity index (χ0n) is 15.7. The van der Waals surface area contributed by atoms with Crippen LogP contribution in [0.3, 0.4) is 0 Å². The number of nitrogens with one attached hydrogen (secondary N) is 1. The summed E-state index contributed by atoms with van der Waals surface area (Å²) in [5.41, 5.74) is 1.99. The molecule has 1 aliphatic rings. The van der Waals surface area contributed by atoms with Gasteiger partial charge in [-0.1, -0.05) is 32.0 Å². The van der Waals surface area contributed by atoms with Gasteiger partial charge in [0, 0.05) is 38.1 Å². The number of nitrogens with zero attached hydrogens (tertiary/aromatic N) is 2. The van der Waals surface area contributed by atoms with Crippen LogP contribution in [0.1, 0.15) is 42.2 Å². The number of carbonyl (C=O) groups excluding carboxylic acids is 1. The van der Waals surface area contributed by atoms with Crippen molar-refractivity contribution >= 4 is 11.6 Å². The summed E-state index contributed by atoms with van der Waals surface area (Å²) < 4.78 is 0. The minimum absolute atomic E-state index is 0.209. The summed E-state index contributed by atoms with van der Waals surface area (Å²) in [6, 6.07) is 13.8. The van der Waals surface area contributed by atoms with Gasteiger partial charge in [0.25, 0.3) is 11.5 Å². The fraction of sp³-hybridized carbons (Fsp3) is 0.429. The molecule has 0 unspecified atom stereocenters. The number of amides is 1. The van der Waals surface area contributed by atoms with E-state index >= 15 is 0 Å². The van der Waals surface area contributed by atoms with E-state index in [9.17, 15) is 9.59 Å². The van der Waals surface area contributed by atoms with Gasteiger partial charge in [0.15, 0.2) is 0 Å². The summed E-state index contributed by atoms with van der Waals surface area (Å²) in [4.78, 5) is 31.8. The molecule has 1 saturated heterocycles. The van der Waals surface area contributed by atoms with Gasteiger partial charge >= 0.3 is 0 Å². The van der Waals surface area contributed by atoms with E-state index in [-0.39, 0.29) is 22.9 Å². The average Bonchev–Trinajstić information content (AvgIpc) is 3.10. The lowest BCUT2D eigenvalue weighted by molar-refractivity contribution is 0.0774. The van der Waals surface area contributed by atoms with Gasteiger partial charge in [0.2, 0.25) is 0 Å². The third kappa shape index (κ3) is 3.98. The Kier molecular flexibility index (Phi) is 5.45. The average molecular weight is 353 g/mol. The first-order valence-electron chi connectivity index (χ1n) is 9.24. The predicted molar refractivity (Wildman–Crippen MR) is 105 cm³/mol. The maximum Gasteiger partial charge on any atom is 0.261 e. The smallest absolute Gasteiger partial charge is 0.261 e. The maximum atomic E-state index is 12.7. The highest BCUT2D eigenvalue weighted by Gasteiger charge is 2.26. The molecule has 1 aliphatic heterocycles. The fourth-order valence-corrected chi connectivity index (χ4v) is 3.52. The Morgan fingerprint density at radius 1 is 1.23 bits per heavy atom. The molecule has 0 spiro atoms. The molecule has 1 N–H and O–H groups in total. The highest BCUT2D eigenvalue weighted by Crippen LogP contribution is 2.24. The number of aromatic nitrogens is 1. The van der Waals surface area contributed by atoms with Crippen LogP contribution < -0.4 is 10.5 Å². The summed E-state index contributed by atoms with van der Waals surface area (Å²) >= 11 is 0. The second kappa shape index (κ2) is 7.77. The SMILES string of the molecule is CC(C)c1ccc(C(=O)N(C)C[C@H]2CCN(c3ccccc3)C2)c(=O)[nH]1. The first kappa shape index (κ1) is 18.2. The van der Waals surface area contributed by atoms with Gasteiger partial charge < -0.3 is 14.8 Å². The van der Waals surface area contributed by atoms with Gasteiger partial charge in [-0.3, -0.25) is 9.59 Å². The van der Waals surface area contributed by atoms with E-state index in [4.69, 9.17) is 0 Å². The second-order valence-electron chi connectivity index (χ2n) is 7.43. The summed E-state index contributed by atoms with van der Waals surface area (Å²) in [7, 11) is 1.78. The molecule has 1 amide bonds. The van der Waals surface area contributed by atoms with Crippen LogP contribution in [0.2, 0.25) is 0 Å². The number of aromatic amines is 1. The number of carbonyl (C=O) groups is 1. The molecule has 1 aromatic carbocycles. The minimum atomic E-state index is -0.301. The Balaban J connectivity index is 1.62. The van der Waals surface area contributed by atoms with Crippen molar-refractivity contribution in [2.45, 2.75) is 26.2 Å². The Morgan fingerprint density at radius 3 is 2.62 bits per heavy atom. The summed E-state index contributed by atoms with van der Waals surface area (Å²) in [5.74, 6) is 0.435. The number of H-pyrrole nitrogens is 1. The lowest BCUT2D eigenvalue weighted by Gasteiger charge is -2.22. The molecule has 1 aromatic heterocycles. The maximum absolute atomic E-state index is 12.7. The van der Waals surface area contributed by atoms with Crippen molar-refractivity contribution in [3.05, 3.63) is 64.1 Å². The molecule has 0 bridgehead atoms. The number of hydrogen-bond acceptors (Lipinski definition) is 3. The van der Waals surface area contributed by atoms with Gasteiger partial charge in [-0.05, 0) is 42.5 Å². The van der Waals surface area contributed by atoms with Gasteiger partial charge in [0.1, 0.15) is 5.56 Å². The monoisotopic (exact) mass is 353 g/mol. The third-order valence-corrected chi connectivity index (χ3v) is 5.07. The fourth-order valence-electron chi connectivity index (χ4n) is 3.52. The van der Waals surface area contributed by atoms with E-state index in [2.05, 4.69) is 22.0 Å². The van der Waals surface area contributed by atoms with Crippen molar-refractivity contribution in [2.24, 2.45) is 5.92 Å². The summed E-state index contributed by atoms with van der Waals surface area (Å²) in [6.45, 7) is 6.62. The lowest BCUT2D eigenvalue weighted by Crippen LogP contribution is -2.36. The second-order valence-corrected chi connectivity index (χ2v) is 7.43. The van der Waals surface area contributed by atoms with Crippen molar-refractivity contribution < 1.29 is 4.79 Å². The topological polar surface area (TPSA) is 56.4 Å². The van der Waals surface area contributed by atoms with Gasteiger partial charge in [-0.15, -0.1) is 0 Å². The van der Waals surface area contributed by atoms with Crippen molar-refractivity contribution in [1.82, 2.24) is 9.88 Å². The molecule has 0 saturated carbocycles. The molecule has 0 aliphatic carbocycles. The van der Waals surface area contributed by atoms with Gasteiger partial charge in [-0.2, -0.15) is 0 Å². The van der Waals surface area contributed by atoms with E-state index < -0.39 is 0 Å². The number of anilines is 1. The molecule has 5 nitrogen and oxygen atoms in total. The lowest BCUT2D eigenvalue weighted by atomic mass is 10.1. The Labute approximate surface area is 154 Å². The molecule has 1 atom stereocenters. The molecule has 2 heterocycles. The minimum Gasteiger partial charge on any atom is -0.371 e. The van der Waals surface area contributed by atoms with Crippen molar-refractivity contribution in [3.8, 4) is 0 Å². The highest BCUT2D eigenvalue weighted by atomic mass is 16.2. The van der Waals surface area contributed by atoms with Gasteiger partial charge in [0.05, 0.1) is 0 Å². The predicted octanol–water partition coefficient (Wildman–Crippen LogP) is 3.10. The Bertz CT molecular complexity index is 814. The molecule has 138 valence electrons. The number of benzene rings is 1. The van der Waals surface area contributed by atoms with Crippen molar-refractivity contribution in [1.29, 1.82) is 0 Å². The van der Waals surface area contributed by atoms with Crippen LogP contribution >= 0.6 is 0 Å². The first-order chi connectivity index (χ1) is 12.5. The number of rotatable bonds is 5. The Hall–Kier alpha value is -2.56. The van der Waals surface area contributed by atoms with E-state index in [1.807, 2.05) is 38.1 Å². The van der Waals surface area contributed by atoms with Crippen LogP contribution in [-0.4, -0.2) is 42.5 Å². The molecular formula is C21H27N3O2. The van der Waals surface area contributed by atoms with Gasteiger partial charge in [-0.25, -0.2) is 0 Å². The van der Waals surface area contributed by atoms with E-state index in [0.717, 1.165) is 25.2 Å². The molecule has 0 radical (unpaired) electrons. The normalized spacial score (nSPS) is 16.9. The number of para-hydroxylation sites is 1. The summed E-state index contributed by atoms with van der Waals surface area (Å²) in [5, 5.41) is 0. The molecule has 2 aromatic rings. The molecule has 1 fully saturated rings. The number of pyridine rings is 1. The molecule has 3 rings (SSSR count). The Morgan fingerprint density at radius 2 is 1.96 bits per heavy atom.